The predicted molar refractivity (Wildman–Crippen MR) is 199 cm³/mol. The van der Waals surface area contributed by atoms with Gasteiger partial charge in [-0.05, 0) is 183 Å². The van der Waals surface area contributed by atoms with Crippen molar-refractivity contribution in [3.8, 4) is 0 Å². The van der Waals surface area contributed by atoms with Gasteiger partial charge >= 0.3 is 0 Å². The second-order valence-corrected chi connectivity index (χ2v) is 16.6. The van der Waals surface area contributed by atoms with Crippen molar-refractivity contribution in [3.05, 3.63) is 0 Å². The van der Waals surface area contributed by atoms with Gasteiger partial charge in [0.05, 0.1) is 18.3 Å². The minimum atomic E-state index is 0.166. The van der Waals surface area contributed by atoms with Crippen LogP contribution >= 0.6 is 0 Å². The molecule has 10 N–H and O–H groups in total. The lowest BCUT2D eigenvalue weighted by Gasteiger charge is -2.65. The first-order valence-electron chi connectivity index (χ1n) is 20.4. The van der Waals surface area contributed by atoms with Crippen molar-refractivity contribution in [1.29, 1.82) is 0 Å². The Kier molecular flexibility index (Phi) is 17.4. The van der Waals surface area contributed by atoms with Crippen molar-refractivity contribution in [3.63, 3.8) is 0 Å². The molecular formula is C39H78N6O3. The Labute approximate surface area is 294 Å². The Bertz CT molecular complexity index is 885. The van der Waals surface area contributed by atoms with Crippen LogP contribution in [0.4, 0.5) is 0 Å². The molecule has 0 aliphatic heterocycles. The number of fused-ring (bicyclic) bond motifs is 5. The van der Waals surface area contributed by atoms with E-state index < -0.39 is 0 Å². The van der Waals surface area contributed by atoms with E-state index in [1.807, 2.05) is 0 Å². The maximum absolute atomic E-state index is 7.02. The summed E-state index contributed by atoms with van der Waals surface area (Å²) in [4.78, 5) is 0. The summed E-state index contributed by atoms with van der Waals surface area (Å²) >= 11 is 0. The average Bonchev–Trinajstić information content (AvgIpc) is 3.44. The van der Waals surface area contributed by atoms with E-state index in [4.69, 9.17) is 37.1 Å². The number of hydrogen-bond donors (Lipinski definition) is 6. The fourth-order valence-corrected chi connectivity index (χ4v) is 11.2. The molecule has 48 heavy (non-hydrogen) atoms. The number of ether oxygens (including phenoxy) is 3. The zero-order chi connectivity index (χ0) is 34.4. The maximum atomic E-state index is 7.02. The molecule has 0 aromatic carbocycles. The van der Waals surface area contributed by atoms with Crippen LogP contribution in [0.25, 0.3) is 0 Å². The van der Waals surface area contributed by atoms with Gasteiger partial charge in [-0.2, -0.15) is 0 Å². The van der Waals surface area contributed by atoms with Gasteiger partial charge in [0.15, 0.2) is 0 Å². The number of rotatable bonds is 24. The van der Waals surface area contributed by atoms with Crippen molar-refractivity contribution < 1.29 is 14.2 Å². The van der Waals surface area contributed by atoms with Gasteiger partial charge in [0.2, 0.25) is 0 Å². The molecule has 0 heterocycles. The number of nitrogens with one attached hydrogen (secondary N) is 2. The molecule has 9 heteroatoms. The first kappa shape index (κ1) is 40.4. The van der Waals surface area contributed by atoms with Crippen molar-refractivity contribution in [1.82, 2.24) is 10.6 Å². The number of nitrogens with two attached hydrogens (primary N) is 4. The van der Waals surface area contributed by atoms with E-state index in [9.17, 15) is 0 Å². The Morgan fingerprint density at radius 1 is 0.667 bits per heavy atom. The van der Waals surface area contributed by atoms with Crippen LogP contribution in [0.3, 0.4) is 0 Å². The summed E-state index contributed by atoms with van der Waals surface area (Å²) in [6, 6.07) is 0. The van der Waals surface area contributed by atoms with Crippen molar-refractivity contribution in [2.24, 2.45) is 69.3 Å². The molecule has 0 amide bonds. The van der Waals surface area contributed by atoms with E-state index in [0.29, 0.717) is 72.8 Å². The van der Waals surface area contributed by atoms with Crippen LogP contribution in [0.5, 0.6) is 0 Å². The third kappa shape index (κ3) is 9.94. The highest BCUT2D eigenvalue weighted by Gasteiger charge is 2.66. The summed E-state index contributed by atoms with van der Waals surface area (Å²) < 4.78 is 20.3. The maximum Gasteiger partial charge on any atom is 0.0637 e. The van der Waals surface area contributed by atoms with Gasteiger partial charge in [-0.1, -0.05) is 20.8 Å². The molecule has 0 bridgehead atoms. The van der Waals surface area contributed by atoms with E-state index in [2.05, 4.69) is 31.4 Å². The summed E-state index contributed by atoms with van der Waals surface area (Å²) in [6.07, 6.45) is 17.0. The standard InChI is InChI=1S/C39H78N6O3/c1-29(10-4-19-44-21-9-22-45-20-5-15-40)32-11-12-33-37-34(28-36(39(32,33)3)48-25-8-18-43)38(2)14-13-31(46-23-6-16-41)26-30(38)27-35(37)47-24-7-17-42/h29-37,44-45H,4-28,40-43H2,1-3H3/t29-,30?,31-,32?,33+,34?,35-,36+,37?,38?,39?/m1/s1. The van der Waals surface area contributed by atoms with Gasteiger partial charge in [-0.15, -0.1) is 0 Å². The van der Waals surface area contributed by atoms with Crippen LogP contribution in [0.1, 0.15) is 111 Å². The highest BCUT2D eigenvalue weighted by atomic mass is 16.5. The van der Waals surface area contributed by atoms with E-state index in [1.54, 1.807) is 0 Å². The molecule has 0 aromatic heterocycles. The predicted octanol–water partition coefficient (Wildman–Crippen LogP) is 4.40. The lowest BCUT2D eigenvalue weighted by molar-refractivity contribution is -0.227. The van der Waals surface area contributed by atoms with E-state index in [1.165, 1.54) is 51.4 Å². The van der Waals surface area contributed by atoms with Crippen LogP contribution < -0.4 is 33.6 Å². The molecule has 0 saturated heterocycles. The summed E-state index contributed by atoms with van der Waals surface area (Å²) in [5.74, 6) is 3.83. The largest absolute Gasteiger partial charge is 0.378 e. The van der Waals surface area contributed by atoms with E-state index in [-0.39, 0.29) is 11.5 Å². The second-order valence-electron chi connectivity index (χ2n) is 16.6. The molecule has 11 atom stereocenters. The summed E-state index contributed by atoms with van der Waals surface area (Å²) in [5.41, 5.74) is 23.8. The molecule has 4 aliphatic rings. The van der Waals surface area contributed by atoms with E-state index in [0.717, 1.165) is 91.1 Å². The van der Waals surface area contributed by atoms with Gasteiger partial charge in [-0.25, -0.2) is 0 Å². The molecule has 0 aromatic rings. The second kappa shape index (κ2) is 20.6. The lowest BCUT2D eigenvalue weighted by atomic mass is 9.43. The number of hydrogen-bond acceptors (Lipinski definition) is 9. The first-order valence-corrected chi connectivity index (χ1v) is 20.4. The third-order valence-corrected chi connectivity index (χ3v) is 13.8. The molecule has 4 aliphatic carbocycles. The normalized spacial score (nSPS) is 36.8. The molecule has 6 unspecified atom stereocenters. The van der Waals surface area contributed by atoms with Crippen LogP contribution in [-0.4, -0.2) is 90.5 Å². The average molecular weight is 679 g/mol. The van der Waals surface area contributed by atoms with Gasteiger partial charge in [0, 0.05) is 25.2 Å². The molecule has 4 fully saturated rings. The first-order chi connectivity index (χ1) is 23.3. The fraction of sp³-hybridized carbons (Fsp3) is 1.00. The Balaban J connectivity index is 1.46. The summed E-state index contributed by atoms with van der Waals surface area (Å²) in [5, 5.41) is 7.19. The van der Waals surface area contributed by atoms with Crippen molar-refractivity contribution >= 4 is 0 Å². The van der Waals surface area contributed by atoms with Crippen LogP contribution in [0.2, 0.25) is 0 Å². The minimum absolute atomic E-state index is 0.166. The lowest BCUT2D eigenvalue weighted by Crippen LogP contribution is -2.63. The SMILES string of the molecule is C[C@H](CCCNCCCNCCCN)C1CC[C@H]2C3C(C[C@H](OCCCN)C12C)C1(C)CC[C@@H](OCCCN)CC1C[C@H]3OCCCN. The molecular weight excluding hydrogens is 600 g/mol. The third-order valence-electron chi connectivity index (χ3n) is 13.8. The zero-order valence-corrected chi connectivity index (χ0v) is 31.4. The van der Waals surface area contributed by atoms with Gasteiger partial charge in [0.1, 0.15) is 0 Å². The molecule has 0 radical (unpaired) electrons. The van der Waals surface area contributed by atoms with Crippen molar-refractivity contribution in [2.75, 3.05) is 72.2 Å². The molecule has 0 spiro atoms. The summed E-state index contributed by atoms with van der Waals surface area (Å²) in [7, 11) is 0. The van der Waals surface area contributed by atoms with Crippen LogP contribution in [-0.2, 0) is 14.2 Å². The monoisotopic (exact) mass is 679 g/mol. The van der Waals surface area contributed by atoms with Crippen LogP contribution in [0.15, 0.2) is 0 Å². The van der Waals surface area contributed by atoms with Gasteiger partial charge in [-0.3, -0.25) is 0 Å². The molecule has 4 saturated carbocycles. The van der Waals surface area contributed by atoms with Crippen LogP contribution in [0, 0.1) is 46.3 Å². The highest BCUT2D eigenvalue weighted by Crippen LogP contribution is 2.69. The topological polar surface area (TPSA) is 156 Å². The summed E-state index contributed by atoms with van der Waals surface area (Å²) in [6.45, 7) is 17.3. The van der Waals surface area contributed by atoms with Gasteiger partial charge in [0.25, 0.3) is 0 Å². The molecule has 9 nitrogen and oxygen atoms in total. The minimum Gasteiger partial charge on any atom is -0.378 e. The van der Waals surface area contributed by atoms with Crippen molar-refractivity contribution in [2.45, 2.75) is 129 Å². The molecule has 282 valence electrons. The Morgan fingerprint density at radius 2 is 1.29 bits per heavy atom. The van der Waals surface area contributed by atoms with Gasteiger partial charge < -0.3 is 47.8 Å². The quantitative estimate of drug-likeness (QED) is 0.0815. The van der Waals surface area contributed by atoms with E-state index >= 15 is 0 Å². The Morgan fingerprint density at radius 3 is 1.98 bits per heavy atom. The molecule has 4 rings (SSSR count). The fourth-order valence-electron chi connectivity index (χ4n) is 11.2. The zero-order valence-electron chi connectivity index (χ0n) is 31.4. The smallest absolute Gasteiger partial charge is 0.0637 e. The Hall–Kier alpha value is -0.360. The highest BCUT2D eigenvalue weighted by molar-refractivity contribution is 5.15.